The molecule has 1 saturated carbocycles. The topological polar surface area (TPSA) is 53.4 Å². The minimum Gasteiger partial charge on any atom is -0.481 e. The fourth-order valence-electron chi connectivity index (χ4n) is 3.37. The van der Waals surface area contributed by atoms with Crippen molar-refractivity contribution in [1.29, 1.82) is 0 Å². The molecular formula is C19H26N2O2S2. The lowest BCUT2D eigenvalue weighted by atomic mass is 9.87. The van der Waals surface area contributed by atoms with Crippen molar-refractivity contribution >= 4 is 33.8 Å². The van der Waals surface area contributed by atoms with Gasteiger partial charge in [-0.05, 0) is 31.4 Å². The number of aryl methyl sites for hydroxylation is 1. The first-order chi connectivity index (χ1) is 12.2. The van der Waals surface area contributed by atoms with Crippen molar-refractivity contribution in [3.8, 4) is 0 Å². The number of carboxylic acid groups (broad SMARTS) is 1. The van der Waals surface area contributed by atoms with Crippen LogP contribution < -0.4 is 4.90 Å². The van der Waals surface area contributed by atoms with Crippen LogP contribution in [0.1, 0.15) is 66.8 Å². The normalized spacial score (nSPS) is 15.4. The molecule has 1 aliphatic rings. The molecule has 1 aliphatic carbocycles. The highest BCUT2D eigenvalue weighted by atomic mass is 32.1. The minimum atomic E-state index is -0.755. The van der Waals surface area contributed by atoms with Crippen LogP contribution in [0.4, 0.5) is 5.13 Å². The van der Waals surface area contributed by atoms with E-state index in [1.807, 2.05) is 11.3 Å². The first-order valence-electron chi connectivity index (χ1n) is 9.15. The minimum absolute atomic E-state index is 0.143. The van der Waals surface area contributed by atoms with Crippen molar-refractivity contribution in [2.24, 2.45) is 0 Å². The van der Waals surface area contributed by atoms with Gasteiger partial charge in [-0.3, -0.25) is 4.79 Å². The molecule has 0 aromatic carbocycles. The number of hydrogen-bond acceptors (Lipinski definition) is 5. The van der Waals surface area contributed by atoms with Crippen LogP contribution in [0.15, 0.2) is 17.5 Å². The summed E-state index contributed by atoms with van der Waals surface area (Å²) in [5.41, 5.74) is 1.21. The molecule has 25 heavy (non-hydrogen) atoms. The highest BCUT2D eigenvalue weighted by Gasteiger charge is 2.20. The lowest BCUT2D eigenvalue weighted by Crippen LogP contribution is -2.25. The van der Waals surface area contributed by atoms with E-state index in [9.17, 15) is 4.79 Å². The fraction of sp³-hybridized carbons (Fsp3) is 0.579. The van der Waals surface area contributed by atoms with Crippen LogP contribution in [0.3, 0.4) is 0 Å². The first-order valence-corrected chi connectivity index (χ1v) is 10.8. The average Bonchev–Trinajstić information content (AvgIpc) is 3.28. The van der Waals surface area contributed by atoms with E-state index in [-0.39, 0.29) is 6.42 Å². The highest BCUT2D eigenvalue weighted by Crippen LogP contribution is 2.35. The molecule has 0 atom stereocenters. The van der Waals surface area contributed by atoms with Gasteiger partial charge in [0.25, 0.3) is 0 Å². The maximum atomic E-state index is 11.0. The summed E-state index contributed by atoms with van der Waals surface area (Å²) in [5, 5.41) is 12.2. The predicted molar refractivity (Wildman–Crippen MR) is 105 cm³/mol. The molecule has 0 amide bonds. The zero-order valence-corrected chi connectivity index (χ0v) is 16.4. The molecule has 2 aromatic heterocycles. The van der Waals surface area contributed by atoms with Crippen LogP contribution in [0.25, 0.3) is 0 Å². The van der Waals surface area contributed by atoms with Crippen LogP contribution in [0, 0.1) is 0 Å². The maximum absolute atomic E-state index is 11.0. The molecule has 2 aromatic rings. The third-order valence-electron chi connectivity index (χ3n) is 4.81. The van der Waals surface area contributed by atoms with Crippen LogP contribution in [0.2, 0.25) is 0 Å². The summed E-state index contributed by atoms with van der Waals surface area (Å²) in [5.74, 6) is -0.164. The Hall–Kier alpha value is -1.40. The van der Waals surface area contributed by atoms with Gasteiger partial charge in [0, 0.05) is 27.6 Å². The van der Waals surface area contributed by atoms with Gasteiger partial charge in [0.05, 0.1) is 18.7 Å². The lowest BCUT2D eigenvalue weighted by molar-refractivity contribution is -0.136. The Morgan fingerprint density at radius 2 is 2.04 bits per heavy atom. The molecule has 2 heterocycles. The Morgan fingerprint density at radius 1 is 1.28 bits per heavy atom. The summed E-state index contributed by atoms with van der Waals surface area (Å²) >= 11 is 3.47. The third kappa shape index (κ3) is 5.05. The van der Waals surface area contributed by atoms with Crippen molar-refractivity contribution in [2.75, 3.05) is 11.4 Å². The Labute approximate surface area is 157 Å². The molecule has 1 N–H and O–H groups in total. The number of aromatic nitrogens is 1. The smallest absolute Gasteiger partial charge is 0.305 e. The van der Waals surface area contributed by atoms with Crippen molar-refractivity contribution in [1.82, 2.24) is 4.98 Å². The number of anilines is 1. The summed E-state index contributed by atoms with van der Waals surface area (Å²) in [7, 11) is 0. The van der Waals surface area contributed by atoms with E-state index in [4.69, 9.17) is 10.1 Å². The Kier molecular flexibility index (Phi) is 6.48. The molecule has 1 fully saturated rings. The number of thiazole rings is 1. The summed E-state index contributed by atoms with van der Waals surface area (Å²) in [4.78, 5) is 20.7. The zero-order chi connectivity index (χ0) is 17.6. The van der Waals surface area contributed by atoms with Gasteiger partial charge in [0.15, 0.2) is 5.13 Å². The van der Waals surface area contributed by atoms with Gasteiger partial charge in [0.1, 0.15) is 0 Å². The van der Waals surface area contributed by atoms with Gasteiger partial charge in [-0.15, -0.1) is 22.7 Å². The van der Waals surface area contributed by atoms with Crippen molar-refractivity contribution in [3.05, 3.63) is 33.0 Å². The van der Waals surface area contributed by atoms with Crippen molar-refractivity contribution < 1.29 is 9.90 Å². The van der Waals surface area contributed by atoms with Crippen LogP contribution in [0.5, 0.6) is 0 Å². The maximum Gasteiger partial charge on any atom is 0.305 e. The Bertz CT molecular complexity index is 689. The molecule has 0 bridgehead atoms. The summed E-state index contributed by atoms with van der Waals surface area (Å²) < 4.78 is 0. The number of nitrogens with zero attached hydrogens (tertiary/aromatic N) is 2. The molecule has 0 radical (unpaired) electrons. The molecular weight excluding hydrogens is 352 g/mol. The number of carbonyl (C=O) groups is 1. The molecule has 136 valence electrons. The van der Waals surface area contributed by atoms with Gasteiger partial charge in [-0.1, -0.05) is 26.2 Å². The number of hydrogen-bond donors (Lipinski definition) is 1. The highest BCUT2D eigenvalue weighted by molar-refractivity contribution is 7.14. The van der Waals surface area contributed by atoms with E-state index >= 15 is 0 Å². The monoisotopic (exact) mass is 378 g/mol. The van der Waals surface area contributed by atoms with Crippen LogP contribution >= 0.6 is 22.7 Å². The van der Waals surface area contributed by atoms with E-state index in [0.717, 1.165) is 18.1 Å². The second-order valence-electron chi connectivity index (χ2n) is 6.68. The molecule has 6 heteroatoms. The molecule has 3 rings (SSSR count). The Balaban J connectivity index is 1.73. The molecule has 0 saturated heterocycles. The third-order valence-corrected chi connectivity index (χ3v) is 6.95. The van der Waals surface area contributed by atoms with E-state index in [1.54, 1.807) is 11.3 Å². The number of thiophene rings is 1. The molecule has 4 nitrogen and oxygen atoms in total. The number of aliphatic carboxylic acids is 1. The van der Waals surface area contributed by atoms with Gasteiger partial charge < -0.3 is 10.0 Å². The van der Waals surface area contributed by atoms with Gasteiger partial charge in [-0.25, -0.2) is 4.98 Å². The average molecular weight is 379 g/mol. The second kappa shape index (κ2) is 8.81. The lowest BCUT2D eigenvalue weighted by Gasteiger charge is -2.21. The zero-order valence-electron chi connectivity index (χ0n) is 14.7. The van der Waals surface area contributed by atoms with Crippen molar-refractivity contribution in [3.63, 3.8) is 0 Å². The fourth-order valence-corrected chi connectivity index (χ4v) is 5.27. The number of rotatable bonds is 8. The van der Waals surface area contributed by atoms with Gasteiger partial charge in [-0.2, -0.15) is 0 Å². The van der Waals surface area contributed by atoms with E-state index in [0.29, 0.717) is 12.5 Å². The summed E-state index contributed by atoms with van der Waals surface area (Å²) in [6.45, 7) is 3.41. The molecule has 0 spiro atoms. The SMILES string of the molecule is CCc1ccc(CN(CCC(=O)O)c2nc(C3CCCCC3)cs2)s1. The standard InChI is InChI=1S/C19H26N2O2S2/c1-2-15-8-9-16(25-15)12-21(11-10-18(22)23)19-20-17(13-24-19)14-6-4-3-5-7-14/h8-9,13-14H,2-7,10-12H2,1H3,(H,22,23). The second-order valence-corrected chi connectivity index (χ2v) is 8.77. The number of carboxylic acids is 1. The first kappa shape index (κ1) is 18.4. The van der Waals surface area contributed by atoms with E-state index in [1.165, 1.54) is 47.6 Å². The quantitative estimate of drug-likeness (QED) is 0.677. The van der Waals surface area contributed by atoms with Gasteiger partial charge >= 0.3 is 5.97 Å². The van der Waals surface area contributed by atoms with Crippen LogP contribution in [-0.4, -0.2) is 22.6 Å². The largest absolute Gasteiger partial charge is 0.481 e. The Morgan fingerprint density at radius 3 is 2.72 bits per heavy atom. The van der Waals surface area contributed by atoms with Crippen LogP contribution in [-0.2, 0) is 17.8 Å². The molecule has 0 aliphatic heterocycles. The molecule has 0 unspecified atom stereocenters. The van der Waals surface area contributed by atoms with E-state index < -0.39 is 5.97 Å². The summed E-state index contributed by atoms with van der Waals surface area (Å²) in [6, 6.07) is 4.33. The van der Waals surface area contributed by atoms with E-state index in [2.05, 4.69) is 29.3 Å². The van der Waals surface area contributed by atoms with Crippen molar-refractivity contribution in [2.45, 2.75) is 64.3 Å². The predicted octanol–water partition coefficient (Wildman–Crippen LogP) is 5.30. The van der Waals surface area contributed by atoms with Gasteiger partial charge in [0.2, 0.25) is 0 Å². The summed E-state index contributed by atoms with van der Waals surface area (Å²) in [6.07, 6.45) is 7.61.